The first-order valence-electron chi connectivity index (χ1n) is 8.37. The van der Waals surface area contributed by atoms with Crippen molar-refractivity contribution in [2.24, 2.45) is 0 Å². The molecule has 0 aliphatic carbocycles. The highest BCUT2D eigenvalue weighted by molar-refractivity contribution is 7.13. The Hall–Kier alpha value is -1.76. The van der Waals surface area contributed by atoms with Crippen LogP contribution in [0.15, 0.2) is 35.8 Å². The molecule has 3 rings (SSSR count). The van der Waals surface area contributed by atoms with Crippen LogP contribution in [0.5, 0.6) is 0 Å². The van der Waals surface area contributed by atoms with E-state index in [-0.39, 0.29) is 5.91 Å². The van der Waals surface area contributed by atoms with E-state index in [0.717, 1.165) is 62.1 Å². The van der Waals surface area contributed by atoms with Crippen molar-refractivity contribution in [1.82, 2.24) is 14.8 Å². The van der Waals surface area contributed by atoms with Crippen LogP contribution in [0.2, 0.25) is 0 Å². The van der Waals surface area contributed by atoms with Crippen LogP contribution < -0.4 is 0 Å². The number of rotatable bonds is 6. The van der Waals surface area contributed by atoms with Crippen molar-refractivity contribution in [2.45, 2.75) is 6.92 Å². The Morgan fingerprint density at radius 2 is 2.12 bits per heavy atom. The summed E-state index contributed by atoms with van der Waals surface area (Å²) in [6.45, 7) is 7.83. The van der Waals surface area contributed by atoms with E-state index < -0.39 is 0 Å². The van der Waals surface area contributed by atoms with Gasteiger partial charge in [0, 0.05) is 62.0 Å². The molecule has 0 radical (unpaired) electrons. The summed E-state index contributed by atoms with van der Waals surface area (Å²) in [7, 11) is 0. The monoisotopic (exact) mass is 345 g/mol. The fourth-order valence-electron chi connectivity index (χ4n) is 2.85. The smallest absolute Gasteiger partial charge is 0.253 e. The van der Waals surface area contributed by atoms with Crippen LogP contribution in [0.4, 0.5) is 0 Å². The van der Waals surface area contributed by atoms with Crippen LogP contribution in [0.25, 0.3) is 10.6 Å². The topological polar surface area (TPSA) is 45.7 Å². The minimum Gasteiger partial charge on any atom is -0.380 e. The van der Waals surface area contributed by atoms with Gasteiger partial charge in [-0.2, -0.15) is 0 Å². The van der Waals surface area contributed by atoms with Crippen molar-refractivity contribution >= 4 is 17.2 Å². The third-order valence-corrected chi connectivity index (χ3v) is 5.03. The highest BCUT2D eigenvalue weighted by atomic mass is 32.1. The van der Waals surface area contributed by atoms with Gasteiger partial charge in [0.1, 0.15) is 5.01 Å². The number of thiazole rings is 1. The molecule has 0 N–H and O–H groups in total. The Bertz CT molecular complexity index is 652. The van der Waals surface area contributed by atoms with Crippen LogP contribution in [-0.2, 0) is 4.74 Å². The lowest BCUT2D eigenvalue weighted by Crippen LogP contribution is -2.49. The van der Waals surface area contributed by atoms with E-state index in [1.165, 1.54) is 0 Å². The first kappa shape index (κ1) is 17.1. The van der Waals surface area contributed by atoms with Gasteiger partial charge in [0.15, 0.2) is 0 Å². The van der Waals surface area contributed by atoms with Gasteiger partial charge >= 0.3 is 0 Å². The van der Waals surface area contributed by atoms with E-state index in [2.05, 4.69) is 9.88 Å². The molecule has 1 aliphatic heterocycles. The number of piperazine rings is 1. The molecule has 1 saturated heterocycles. The zero-order chi connectivity index (χ0) is 16.8. The number of ether oxygens (including phenoxy) is 1. The average molecular weight is 345 g/mol. The van der Waals surface area contributed by atoms with Gasteiger partial charge in [-0.05, 0) is 19.1 Å². The zero-order valence-corrected chi connectivity index (χ0v) is 14.8. The number of carbonyl (C=O) groups is 1. The summed E-state index contributed by atoms with van der Waals surface area (Å²) in [4.78, 5) is 21.4. The molecule has 5 nitrogen and oxygen atoms in total. The molecular formula is C18H23N3O2S. The number of hydrogen-bond donors (Lipinski definition) is 0. The molecular weight excluding hydrogens is 322 g/mol. The Balaban J connectivity index is 1.59. The van der Waals surface area contributed by atoms with Gasteiger partial charge in [-0.15, -0.1) is 11.3 Å². The van der Waals surface area contributed by atoms with Gasteiger partial charge < -0.3 is 9.64 Å². The van der Waals surface area contributed by atoms with Gasteiger partial charge in [0.25, 0.3) is 5.91 Å². The van der Waals surface area contributed by atoms with Crippen LogP contribution in [0.1, 0.15) is 17.3 Å². The minimum absolute atomic E-state index is 0.109. The predicted octanol–water partition coefficient (Wildman–Crippen LogP) is 2.60. The van der Waals surface area contributed by atoms with Crippen molar-refractivity contribution in [3.05, 3.63) is 41.4 Å². The molecule has 0 bridgehead atoms. The number of amides is 1. The number of hydrogen-bond acceptors (Lipinski definition) is 5. The average Bonchev–Trinajstić information content (AvgIpc) is 3.17. The molecule has 0 atom stereocenters. The van der Waals surface area contributed by atoms with Gasteiger partial charge in [-0.3, -0.25) is 9.69 Å². The second-order valence-electron chi connectivity index (χ2n) is 5.75. The number of carbonyl (C=O) groups excluding carboxylic acids is 1. The number of benzene rings is 1. The molecule has 1 aromatic carbocycles. The summed E-state index contributed by atoms with van der Waals surface area (Å²) in [5, 5.41) is 2.90. The lowest BCUT2D eigenvalue weighted by atomic mass is 10.1. The van der Waals surface area contributed by atoms with Crippen LogP contribution >= 0.6 is 11.3 Å². The molecule has 24 heavy (non-hydrogen) atoms. The van der Waals surface area contributed by atoms with Crippen molar-refractivity contribution < 1.29 is 9.53 Å². The summed E-state index contributed by atoms with van der Waals surface area (Å²) in [6, 6.07) is 7.77. The minimum atomic E-state index is 0.109. The van der Waals surface area contributed by atoms with E-state index in [1.54, 1.807) is 17.5 Å². The van der Waals surface area contributed by atoms with Crippen molar-refractivity contribution in [1.29, 1.82) is 0 Å². The molecule has 1 aromatic heterocycles. The fourth-order valence-corrected chi connectivity index (χ4v) is 3.48. The van der Waals surface area contributed by atoms with Gasteiger partial charge in [-0.1, -0.05) is 12.1 Å². The third-order valence-electron chi connectivity index (χ3n) is 4.20. The Morgan fingerprint density at radius 1 is 1.29 bits per heavy atom. The molecule has 0 saturated carbocycles. The standard InChI is InChI=1S/C18H23N3O2S/c1-2-23-12-11-20-7-9-21(10-8-20)18(22)16-5-3-4-15(14-16)17-19-6-13-24-17/h3-6,13-14H,2,7-12H2,1H3. The summed E-state index contributed by atoms with van der Waals surface area (Å²) in [6.07, 6.45) is 1.79. The van der Waals surface area contributed by atoms with Gasteiger partial charge in [-0.25, -0.2) is 4.98 Å². The molecule has 0 unspecified atom stereocenters. The SMILES string of the molecule is CCOCCN1CCN(C(=O)c2cccc(-c3nccs3)c2)CC1. The maximum atomic E-state index is 12.8. The Morgan fingerprint density at radius 3 is 2.83 bits per heavy atom. The van der Waals surface area contributed by atoms with Crippen molar-refractivity contribution in [3.8, 4) is 10.6 Å². The summed E-state index contributed by atoms with van der Waals surface area (Å²) in [5.41, 5.74) is 1.75. The molecule has 2 heterocycles. The first-order chi connectivity index (χ1) is 11.8. The molecule has 128 valence electrons. The Labute approximate surface area is 146 Å². The highest BCUT2D eigenvalue weighted by Crippen LogP contribution is 2.23. The fraction of sp³-hybridized carbons (Fsp3) is 0.444. The number of nitrogens with zero attached hydrogens (tertiary/aromatic N) is 3. The molecule has 1 fully saturated rings. The van der Waals surface area contributed by atoms with Gasteiger partial charge in [0.2, 0.25) is 0 Å². The van der Waals surface area contributed by atoms with Crippen molar-refractivity contribution in [2.75, 3.05) is 45.9 Å². The van der Waals surface area contributed by atoms with E-state index in [4.69, 9.17) is 4.74 Å². The zero-order valence-electron chi connectivity index (χ0n) is 14.0. The highest BCUT2D eigenvalue weighted by Gasteiger charge is 2.22. The quantitative estimate of drug-likeness (QED) is 0.755. The molecule has 1 amide bonds. The largest absolute Gasteiger partial charge is 0.380 e. The predicted molar refractivity (Wildman–Crippen MR) is 96.4 cm³/mol. The summed E-state index contributed by atoms with van der Waals surface area (Å²) >= 11 is 1.59. The molecule has 0 spiro atoms. The molecule has 2 aromatic rings. The van der Waals surface area contributed by atoms with Crippen LogP contribution in [0, 0.1) is 0 Å². The second-order valence-corrected chi connectivity index (χ2v) is 6.64. The molecule has 1 aliphatic rings. The van der Waals surface area contributed by atoms with E-state index in [9.17, 15) is 4.79 Å². The third kappa shape index (κ3) is 4.20. The Kier molecular flexibility index (Phi) is 5.96. The maximum absolute atomic E-state index is 12.8. The summed E-state index contributed by atoms with van der Waals surface area (Å²) in [5.74, 6) is 0.109. The van der Waals surface area contributed by atoms with E-state index >= 15 is 0 Å². The van der Waals surface area contributed by atoms with Crippen LogP contribution in [-0.4, -0.2) is 66.6 Å². The van der Waals surface area contributed by atoms with Crippen LogP contribution in [0.3, 0.4) is 0 Å². The maximum Gasteiger partial charge on any atom is 0.253 e. The number of aromatic nitrogens is 1. The van der Waals surface area contributed by atoms with Crippen molar-refractivity contribution in [3.63, 3.8) is 0 Å². The lowest BCUT2D eigenvalue weighted by Gasteiger charge is -2.34. The second kappa shape index (κ2) is 8.37. The molecule has 6 heteroatoms. The van der Waals surface area contributed by atoms with E-state index in [1.807, 2.05) is 41.5 Å². The van der Waals surface area contributed by atoms with Gasteiger partial charge in [0.05, 0.1) is 6.61 Å². The first-order valence-corrected chi connectivity index (χ1v) is 9.25. The normalized spacial score (nSPS) is 15.6. The summed E-state index contributed by atoms with van der Waals surface area (Å²) < 4.78 is 5.40. The lowest BCUT2D eigenvalue weighted by molar-refractivity contribution is 0.0565. The van der Waals surface area contributed by atoms with E-state index in [0.29, 0.717) is 0 Å².